The van der Waals surface area contributed by atoms with Gasteiger partial charge in [-0.1, -0.05) is 6.07 Å². The lowest BCUT2D eigenvalue weighted by atomic mass is 10.1. The average Bonchev–Trinajstić information content (AvgIpc) is 3.35. The maximum Gasteiger partial charge on any atom is 0.408 e. The number of carbonyl (C=O) groups is 1. The van der Waals surface area contributed by atoms with E-state index >= 15 is 0 Å². The van der Waals surface area contributed by atoms with Crippen LogP contribution >= 0.6 is 0 Å². The van der Waals surface area contributed by atoms with E-state index in [1.54, 1.807) is 17.8 Å². The second kappa shape index (κ2) is 8.89. The van der Waals surface area contributed by atoms with Crippen molar-refractivity contribution in [1.82, 2.24) is 24.1 Å². The molecule has 1 saturated carbocycles. The Morgan fingerprint density at radius 1 is 1.19 bits per heavy atom. The summed E-state index contributed by atoms with van der Waals surface area (Å²) in [5.41, 5.74) is 2.14. The van der Waals surface area contributed by atoms with E-state index in [2.05, 4.69) is 20.3 Å². The van der Waals surface area contributed by atoms with Gasteiger partial charge in [0.15, 0.2) is 5.82 Å². The van der Waals surface area contributed by atoms with Crippen molar-refractivity contribution in [2.24, 2.45) is 0 Å². The van der Waals surface area contributed by atoms with Crippen LogP contribution in [0.5, 0.6) is 0 Å². The SMILES string of the molecule is Cc1cc(F)c(C(=O)Nc2cccc(-c3nccn3[C@@H](C)C(F)(F)F)n2)cc1-n1cnc(C2CC2)c1. The van der Waals surface area contributed by atoms with Crippen LogP contribution in [0.3, 0.4) is 0 Å². The Morgan fingerprint density at radius 2 is 1.97 bits per heavy atom. The molecule has 0 saturated heterocycles. The molecule has 3 aromatic heterocycles. The zero-order valence-electron chi connectivity index (χ0n) is 19.4. The van der Waals surface area contributed by atoms with E-state index in [0.717, 1.165) is 30.0 Å². The predicted molar refractivity (Wildman–Crippen MR) is 124 cm³/mol. The minimum Gasteiger partial charge on any atom is -0.318 e. The first-order valence-corrected chi connectivity index (χ1v) is 11.3. The Labute approximate surface area is 203 Å². The summed E-state index contributed by atoms with van der Waals surface area (Å²) in [6.07, 6.45) is 3.70. The molecule has 1 aliphatic rings. The molecule has 3 heterocycles. The number of alkyl halides is 3. The van der Waals surface area contributed by atoms with E-state index < -0.39 is 23.9 Å². The van der Waals surface area contributed by atoms with Crippen LogP contribution in [0.4, 0.5) is 23.4 Å². The Morgan fingerprint density at radius 3 is 2.69 bits per heavy atom. The number of nitrogens with one attached hydrogen (secondary N) is 1. The van der Waals surface area contributed by atoms with Gasteiger partial charge in [-0.2, -0.15) is 13.2 Å². The van der Waals surface area contributed by atoms with Gasteiger partial charge in [-0.15, -0.1) is 0 Å². The highest BCUT2D eigenvalue weighted by molar-refractivity contribution is 6.04. The number of aryl methyl sites for hydroxylation is 1. The summed E-state index contributed by atoms with van der Waals surface area (Å²) < 4.78 is 57.2. The van der Waals surface area contributed by atoms with Crippen molar-refractivity contribution in [1.29, 1.82) is 0 Å². The molecule has 1 atom stereocenters. The van der Waals surface area contributed by atoms with E-state index in [9.17, 15) is 22.4 Å². The van der Waals surface area contributed by atoms with E-state index in [1.165, 1.54) is 42.7 Å². The summed E-state index contributed by atoms with van der Waals surface area (Å²) in [7, 11) is 0. The summed E-state index contributed by atoms with van der Waals surface area (Å²) in [6.45, 7) is 2.76. The number of amides is 1. The summed E-state index contributed by atoms with van der Waals surface area (Å²) in [6, 6.07) is 5.38. The highest BCUT2D eigenvalue weighted by Crippen LogP contribution is 2.39. The monoisotopic (exact) mass is 498 g/mol. The van der Waals surface area contributed by atoms with Gasteiger partial charge < -0.3 is 14.5 Å². The Bertz CT molecular complexity index is 1440. The average molecular weight is 498 g/mol. The fourth-order valence-electron chi connectivity index (χ4n) is 3.97. The summed E-state index contributed by atoms with van der Waals surface area (Å²) in [5, 5.41) is 2.54. The maximum absolute atomic E-state index is 14.8. The lowest BCUT2D eigenvalue weighted by Gasteiger charge is -2.19. The topological polar surface area (TPSA) is 77.6 Å². The summed E-state index contributed by atoms with van der Waals surface area (Å²) >= 11 is 0. The molecule has 1 aromatic carbocycles. The van der Waals surface area contributed by atoms with Crippen molar-refractivity contribution < 1.29 is 22.4 Å². The fraction of sp³-hybridized carbons (Fsp3) is 0.280. The first-order chi connectivity index (χ1) is 17.1. The number of anilines is 1. The first-order valence-electron chi connectivity index (χ1n) is 11.3. The van der Waals surface area contributed by atoms with Gasteiger partial charge in [0.1, 0.15) is 23.4 Å². The van der Waals surface area contributed by atoms with E-state index in [0.29, 0.717) is 17.2 Å². The second-order valence-electron chi connectivity index (χ2n) is 8.84. The molecule has 1 aliphatic carbocycles. The van der Waals surface area contributed by atoms with E-state index in [4.69, 9.17) is 0 Å². The van der Waals surface area contributed by atoms with Gasteiger partial charge in [0.2, 0.25) is 0 Å². The number of benzene rings is 1. The minimum atomic E-state index is -4.48. The van der Waals surface area contributed by atoms with Crippen LogP contribution < -0.4 is 5.32 Å². The molecular weight excluding hydrogens is 476 g/mol. The van der Waals surface area contributed by atoms with Crippen molar-refractivity contribution in [2.45, 2.75) is 44.8 Å². The molecule has 1 fully saturated rings. The quantitative estimate of drug-likeness (QED) is 0.339. The van der Waals surface area contributed by atoms with Crippen LogP contribution in [0.15, 0.2) is 55.2 Å². The zero-order chi connectivity index (χ0) is 25.6. The number of halogens is 4. The lowest BCUT2D eigenvalue weighted by molar-refractivity contribution is -0.162. The maximum atomic E-state index is 14.8. The molecule has 1 N–H and O–H groups in total. The van der Waals surface area contributed by atoms with Crippen LogP contribution in [0.1, 0.15) is 53.3 Å². The molecule has 11 heteroatoms. The van der Waals surface area contributed by atoms with Crippen LogP contribution in [0.25, 0.3) is 17.2 Å². The number of carbonyl (C=O) groups excluding carboxylic acids is 1. The molecular formula is C25H22F4N6O. The fourth-order valence-corrected chi connectivity index (χ4v) is 3.97. The summed E-state index contributed by atoms with van der Waals surface area (Å²) in [5.74, 6) is -0.962. The van der Waals surface area contributed by atoms with Gasteiger partial charge in [-0.3, -0.25) is 4.79 Å². The van der Waals surface area contributed by atoms with E-state index in [-0.39, 0.29) is 22.9 Å². The molecule has 0 spiro atoms. The molecule has 5 rings (SSSR count). The Kier molecular flexibility index (Phi) is 5.85. The lowest BCUT2D eigenvalue weighted by Crippen LogP contribution is -2.24. The predicted octanol–water partition coefficient (Wildman–Crippen LogP) is 5.83. The Balaban J connectivity index is 1.41. The smallest absolute Gasteiger partial charge is 0.318 e. The largest absolute Gasteiger partial charge is 0.408 e. The standard InChI is InChI=1S/C25H22F4N6O/c1-14-10-18(26)17(11-21(14)34-12-20(31-13-34)16-6-7-16)24(36)33-22-5-3-4-19(32-22)23-30-8-9-35(23)15(2)25(27,28)29/h3-5,8-13,15-16H,6-7H2,1-2H3,(H,32,33,36)/t15-/m0/s1. The number of rotatable bonds is 6. The third kappa shape index (κ3) is 4.60. The molecule has 0 unspecified atom stereocenters. The van der Waals surface area contributed by atoms with Crippen LogP contribution in [-0.2, 0) is 0 Å². The second-order valence-corrected chi connectivity index (χ2v) is 8.84. The Hall–Kier alpha value is -4.02. The van der Waals surface area contributed by atoms with E-state index in [1.807, 2.05) is 6.20 Å². The number of imidazole rings is 2. The first kappa shape index (κ1) is 23.7. The van der Waals surface area contributed by atoms with Crippen molar-refractivity contribution in [3.8, 4) is 17.2 Å². The number of aromatic nitrogens is 5. The van der Waals surface area contributed by atoms with Crippen molar-refractivity contribution in [3.05, 3.63) is 77.9 Å². The van der Waals surface area contributed by atoms with Gasteiger partial charge in [-0.05, 0) is 56.5 Å². The normalized spacial score (nSPS) is 14.6. The molecule has 1 amide bonds. The molecule has 4 aromatic rings. The third-order valence-corrected chi connectivity index (χ3v) is 6.19. The molecule has 36 heavy (non-hydrogen) atoms. The zero-order valence-corrected chi connectivity index (χ0v) is 19.4. The highest BCUT2D eigenvalue weighted by atomic mass is 19.4. The number of hydrogen-bond acceptors (Lipinski definition) is 4. The minimum absolute atomic E-state index is 0.00805. The van der Waals surface area contributed by atoms with Gasteiger partial charge >= 0.3 is 6.18 Å². The van der Waals surface area contributed by atoms with Crippen molar-refractivity contribution >= 4 is 11.7 Å². The van der Waals surface area contributed by atoms with Crippen molar-refractivity contribution in [2.75, 3.05) is 5.32 Å². The molecule has 0 aliphatic heterocycles. The number of nitrogens with zero attached hydrogens (tertiary/aromatic N) is 5. The molecule has 0 radical (unpaired) electrons. The van der Waals surface area contributed by atoms with Crippen molar-refractivity contribution in [3.63, 3.8) is 0 Å². The van der Waals surface area contributed by atoms with Crippen LogP contribution in [0.2, 0.25) is 0 Å². The third-order valence-electron chi connectivity index (χ3n) is 6.19. The molecule has 0 bridgehead atoms. The summed E-state index contributed by atoms with van der Waals surface area (Å²) in [4.78, 5) is 25.6. The van der Waals surface area contributed by atoms with Gasteiger partial charge in [0.25, 0.3) is 5.91 Å². The number of hydrogen-bond donors (Lipinski definition) is 1. The highest BCUT2D eigenvalue weighted by Gasteiger charge is 2.38. The van der Waals surface area contributed by atoms with Gasteiger partial charge in [0.05, 0.1) is 23.3 Å². The van der Waals surface area contributed by atoms with Crippen LogP contribution in [-0.4, -0.2) is 36.2 Å². The molecule has 7 nitrogen and oxygen atoms in total. The van der Waals surface area contributed by atoms with Gasteiger partial charge in [-0.25, -0.2) is 19.3 Å². The van der Waals surface area contributed by atoms with Crippen LogP contribution in [0, 0.1) is 12.7 Å². The number of pyridine rings is 1. The molecule has 186 valence electrons. The van der Waals surface area contributed by atoms with Gasteiger partial charge in [0, 0.05) is 24.5 Å².